The zero-order valence-electron chi connectivity index (χ0n) is 8.53. The molecular formula is C9H14N4O. The topological polar surface area (TPSA) is 94.9 Å². The minimum absolute atomic E-state index is 0.137. The SMILES string of the molecule is CC(C)(C)c1ncc(C(N)=O)c(N)n1. The van der Waals surface area contributed by atoms with Crippen LogP contribution in [0.15, 0.2) is 6.20 Å². The Balaban J connectivity index is 3.20. The van der Waals surface area contributed by atoms with E-state index in [0.717, 1.165) is 0 Å². The molecule has 1 aromatic heterocycles. The maximum Gasteiger partial charge on any atom is 0.254 e. The van der Waals surface area contributed by atoms with Crippen LogP contribution in [0.25, 0.3) is 0 Å². The Kier molecular flexibility index (Phi) is 2.42. The molecule has 0 atom stereocenters. The molecule has 0 radical (unpaired) electrons. The molecule has 4 N–H and O–H groups in total. The molecule has 1 aromatic rings. The second-order valence-corrected chi connectivity index (χ2v) is 4.11. The first-order valence-electron chi connectivity index (χ1n) is 4.25. The monoisotopic (exact) mass is 194 g/mol. The van der Waals surface area contributed by atoms with Gasteiger partial charge in [0.2, 0.25) is 0 Å². The smallest absolute Gasteiger partial charge is 0.254 e. The van der Waals surface area contributed by atoms with E-state index in [1.165, 1.54) is 6.20 Å². The summed E-state index contributed by atoms with van der Waals surface area (Å²) in [5, 5.41) is 0. The first-order chi connectivity index (χ1) is 6.32. The van der Waals surface area contributed by atoms with Crippen LogP contribution in [0.5, 0.6) is 0 Å². The number of hydrogen-bond acceptors (Lipinski definition) is 4. The summed E-state index contributed by atoms with van der Waals surface area (Å²) in [6.45, 7) is 5.89. The number of aromatic nitrogens is 2. The molecule has 0 aliphatic rings. The number of carbonyl (C=O) groups excluding carboxylic acids is 1. The zero-order valence-corrected chi connectivity index (χ0v) is 8.53. The number of hydrogen-bond donors (Lipinski definition) is 2. The van der Waals surface area contributed by atoms with Crippen LogP contribution in [0.3, 0.4) is 0 Å². The fraction of sp³-hybridized carbons (Fsp3) is 0.444. The molecule has 0 saturated heterocycles. The summed E-state index contributed by atoms with van der Waals surface area (Å²) < 4.78 is 0. The van der Waals surface area contributed by atoms with Gasteiger partial charge in [0.1, 0.15) is 11.6 Å². The Morgan fingerprint density at radius 2 is 2.00 bits per heavy atom. The van der Waals surface area contributed by atoms with Gasteiger partial charge in [-0.2, -0.15) is 0 Å². The van der Waals surface area contributed by atoms with Crippen LogP contribution in [-0.2, 0) is 5.41 Å². The second kappa shape index (κ2) is 3.25. The molecule has 0 unspecified atom stereocenters. The summed E-state index contributed by atoms with van der Waals surface area (Å²) >= 11 is 0. The van der Waals surface area contributed by atoms with E-state index in [2.05, 4.69) is 9.97 Å². The van der Waals surface area contributed by atoms with Gasteiger partial charge in [0.05, 0.1) is 5.56 Å². The molecular weight excluding hydrogens is 180 g/mol. The number of nitrogen functional groups attached to an aromatic ring is 1. The van der Waals surface area contributed by atoms with Crippen LogP contribution in [0.2, 0.25) is 0 Å². The molecule has 0 saturated carbocycles. The van der Waals surface area contributed by atoms with Crippen LogP contribution >= 0.6 is 0 Å². The standard InChI is InChI=1S/C9H14N4O/c1-9(2,3)8-12-4-5(7(11)14)6(10)13-8/h4H,1-3H3,(H2,11,14)(H2,10,12,13). The quantitative estimate of drug-likeness (QED) is 0.678. The predicted octanol–water partition coefficient (Wildman–Crippen LogP) is 0.455. The van der Waals surface area contributed by atoms with E-state index >= 15 is 0 Å². The number of primary amides is 1. The Morgan fingerprint density at radius 3 is 2.36 bits per heavy atom. The van der Waals surface area contributed by atoms with Crippen LogP contribution in [0.1, 0.15) is 37.0 Å². The van der Waals surface area contributed by atoms with E-state index in [4.69, 9.17) is 11.5 Å². The summed E-state index contributed by atoms with van der Waals surface area (Å²) in [5.74, 6) is 0.125. The van der Waals surface area contributed by atoms with Gasteiger partial charge in [-0.25, -0.2) is 9.97 Å². The van der Waals surface area contributed by atoms with Gasteiger partial charge in [0.15, 0.2) is 0 Å². The van der Waals surface area contributed by atoms with Crippen molar-refractivity contribution >= 4 is 11.7 Å². The lowest BCUT2D eigenvalue weighted by Gasteiger charge is -2.16. The number of amides is 1. The summed E-state index contributed by atoms with van der Waals surface area (Å²) in [7, 11) is 0. The molecule has 1 heterocycles. The predicted molar refractivity (Wildman–Crippen MR) is 53.7 cm³/mol. The van der Waals surface area contributed by atoms with Crippen LogP contribution < -0.4 is 11.5 Å². The van der Waals surface area contributed by atoms with E-state index in [-0.39, 0.29) is 16.8 Å². The summed E-state index contributed by atoms with van der Waals surface area (Å²) in [6, 6.07) is 0. The fourth-order valence-electron chi connectivity index (χ4n) is 0.946. The first-order valence-corrected chi connectivity index (χ1v) is 4.25. The van der Waals surface area contributed by atoms with Crippen molar-refractivity contribution in [1.29, 1.82) is 0 Å². The van der Waals surface area contributed by atoms with E-state index in [1.807, 2.05) is 20.8 Å². The Hall–Kier alpha value is -1.65. The van der Waals surface area contributed by atoms with Crippen molar-refractivity contribution in [2.45, 2.75) is 26.2 Å². The van der Waals surface area contributed by atoms with Gasteiger partial charge in [0.25, 0.3) is 5.91 Å². The highest BCUT2D eigenvalue weighted by Gasteiger charge is 2.19. The third-order valence-corrected chi connectivity index (χ3v) is 1.75. The number of anilines is 1. The first kappa shape index (κ1) is 10.4. The molecule has 14 heavy (non-hydrogen) atoms. The van der Waals surface area contributed by atoms with Gasteiger partial charge in [-0.15, -0.1) is 0 Å². The van der Waals surface area contributed by atoms with Crippen molar-refractivity contribution in [2.24, 2.45) is 5.73 Å². The maximum atomic E-state index is 10.8. The van der Waals surface area contributed by atoms with Crippen LogP contribution in [-0.4, -0.2) is 15.9 Å². The van der Waals surface area contributed by atoms with Crippen LogP contribution in [0.4, 0.5) is 5.82 Å². The largest absolute Gasteiger partial charge is 0.383 e. The molecule has 0 aliphatic heterocycles. The van der Waals surface area contributed by atoms with Crippen molar-refractivity contribution in [3.8, 4) is 0 Å². The molecule has 0 spiro atoms. The van der Waals surface area contributed by atoms with Gasteiger partial charge < -0.3 is 11.5 Å². The normalized spacial score (nSPS) is 11.4. The zero-order chi connectivity index (χ0) is 10.9. The molecule has 0 aliphatic carbocycles. The number of carbonyl (C=O) groups is 1. The molecule has 5 nitrogen and oxygen atoms in total. The van der Waals surface area contributed by atoms with Crippen molar-refractivity contribution in [2.75, 3.05) is 5.73 Å². The van der Waals surface area contributed by atoms with Crippen molar-refractivity contribution in [3.63, 3.8) is 0 Å². The van der Waals surface area contributed by atoms with Gasteiger partial charge in [-0.3, -0.25) is 4.79 Å². The Morgan fingerprint density at radius 1 is 1.43 bits per heavy atom. The second-order valence-electron chi connectivity index (χ2n) is 4.11. The third kappa shape index (κ3) is 1.99. The highest BCUT2D eigenvalue weighted by molar-refractivity contribution is 5.96. The lowest BCUT2D eigenvalue weighted by atomic mass is 9.95. The van der Waals surface area contributed by atoms with E-state index < -0.39 is 5.91 Å². The van der Waals surface area contributed by atoms with Crippen molar-refractivity contribution in [1.82, 2.24) is 9.97 Å². The molecule has 0 aromatic carbocycles. The highest BCUT2D eigenvalue weighted by Crippen LogP contribution is 2.19. The Labute approximate surface area is 82.5 Å². The molecule has 1 amide bonds. The van der Waals surface area contributed by atoms with Gasteiger partial charge in [0, 0.05) is 11.6 Å². The molecule has 76 valence electrons. The van der Waals surface area contributed by atoms with Gasteiger partial charge in [-0.1, -0.05) is 20.8 Å². The van der Waals surface area contributed by atoms with E-state index in [1.54, 1.807) is 0 Å². The summed E-state index contributed by atoms with van der Waals surface area (Å²) in [4.78, 5) is 18.9. The number of rotatable bonds is 1. The third-order valence-electron chi connectivity index (χ3n) is 1.75. The minimum Gasteiger partial charge on any atom is -0.383 e. The highest BCUT2D eigenvalue weighted by atomic mass is 16.1. The summed E-state index contributed by atoms with van der Waals surface area (Å²) in [5.41, 5.74) is 10.6. The van der Waals surface area contributed by atoms with E-state index in [0.29, 0.717) is 5.82 Å². The maximum absolute atomic E-state index is 10.8. The molecule has 5 heteroatoms. The minimum atomic E-state index is -0.608. The summed E-state index contributed by atoms with van der Waals surface area (Å²) in [6.07, 6.45) is 1.37. The van der Waals surface area contributed by atoms with E-state index in [9.17, 15) is 4.79 Å². The lowest BCUT2D eigenvalue weighted by molar-refractivity contribution is 0.100. The molecule has 0 fully saturated rings. The average Bonchev–Trinajstić information content (AvgIpc) is 2.01. The number of nitrogens with two attached hydrogens (primary N) is 2. The Bertz CT molecular complexity index is 368. The van der Waals surface area contributed by atoms with Crippen LogP contribution in [0, 0.1) is 0 Å². The fourth-order valence-corrected chi connectivity index (χ4v) is 0.946. The lowest BCUT2D eigenvalue weighted by Crippen LogP contribution is -2.21. The number of nitrogens with zero attached hydrogens (tertiary/aromatic N) is 2. The molecule has 0 bridgehead atoms. The van der Waals surface area contributed by atoms with Crippen molar-refractivity contribution in [3.05, 3.63) is 17.6 Å². The van der Waals surface area contributed by atoms with Gasteiger partial charge in [-0.05, 0) is 0 Å². The van der Waals surface area contributed by atoms with Crippen molar-refractivity contribution < 1.29 is 4.79 Å². The average molecular weight is 194 g/mol. The van der Waals surface area contributed by atoms with Gasteiger partial charge >= 0.3 is 0 Å². The molecule has 1 rings (SSSR count).